The first-order chi connectivity index (χ1) is 11.1. The highest BCUT2D eigenvalue weighted by atomic mass is 32.2. The highest BCUT2D eigenvalue weighted by Gasteiger charge is 2.16. The molecule has 0 fully saturated rings. The molecule has 1 aliphatic rings. The van der Waals surface area contributed by atoms with Gasteiger partial charge in [-0.15, -0.1) is 0 Å². The van der Waals surface area contributed by atoms with E-state index in [9.17, 15) is 0 Å². The third kappa shape index (κ3) is 5.31. The second-order valence-corrected chi connectivity index (χ2v) is 7.18. The number of amidine groups is 1. The van der Waals surface area contributed by atoms with Gasteiger partial charge < -0.3 is 9.74 Å². The van der Waals surface area contributed by atoms with Crippen LogP contribution in [0, 0.1) is 6.92 Å². The first-order valence-corrected chi connectivity index (χ1v) is 9.34. The van der Waals surface area contributed by atoms with Crippen LogP contribution in [0.5, 0.6) is 0 Å². The Kier molecular flexibility index (Phi) is 7.03. The van der Waals surface area contributed by atoms with Crippen LogP contribution < -0.4 is 0 Å². The Morgan fingerprint density at radius 3 is 2.87 bits per heavy atom. The Bertz CT molecular complexity index is 581. The number of oxime groups is 1. The standard InChI is InChI=1S/C19H28N2OS/c1-5-7-11-21(4)19-20-22-14-18(23-19)13-17-10-9-15(3)12-16(17)8-6-2/h9-10,12-13H,5-8,11,14H2,1-4H3/b18-13-. The maximum absolute atomic E-state index is 5.45. The molecular weight excluding hydrogens is 304 g/mol. The number of thioether (sulfide) groups is 1. The van der Waals surface area contributed by atoms with E-state index in [4.69, 9.17) is 4.84 Å². The minimum Gasteiger partial charge on any atom is -0.388 e. The van der Waals surface area contributed by atoms with Crippen molar-refractivity contribution in [1.29, 1.82) is 0 Å². The van der Waals surface area contributed by atoms with Gasteiger partial charge in [-0.3, -0.25) is 0 Å². The fourth-order valence-electron chi connectivity index (χ4n) is 2.56. The van der Waals surface area contributed by atoms with Crippen LogP contribution in [0.25, 0.3) is 6.08 Å². The van der Waals surface area contributed by atoms with Gasteiger partial charge in [0.2, 0.25) is 5.17 Å². The first kappa shape index (κ1) is 17.9. The molecule has 0 saturated carbocycles. The van der Waals surface area contributed by atoms with Crippen LogP contribution >= 0.6 is 11.8 Å². The second kappa shape index (κ2) is 9.02. The molecule has 0 N–H and O–H groups in total. The normalized spacial score (nSPS) is 16.2. The van der Waals surface area contributed by atoms with Crippen LogP contribution in [0.1, 0.15) is 49.8 Å². The van der Waals surface area contributed by atoms with E-state index >= 15 is 0 Å². The highest BCUT2D eigenvalue weighted by molar-refractivity contribution is 8.17. The molecule has 0 radical (unpaired) electrons. The summed E-state index contributed by atoms with van der Waals surface area (Å²) < 4.78 is 0. The topological polar surface area (TPSA) is 24.8 Å². The largest absolute Gasteiger partial charge is 0.388 e. The number of hydrogen-bond acceptors (Lipinski definition) is 4. The van der Waals surface area contributed by atoms with E-state index in [1.54, 1.807) is 11.8 Å². The molecule has 0 saturated heterocycles. The summed E-state index contributed by atoms with van der Waals surface area (Å²) in [4.78, 5) is 8.85. The summed E-state index contributed by atoms with van der Waals surface area (Å²) in [5, 5.41) is 5.17. The minimum absolute atomic E-state index is 0.565. The van der Waals surface area contributed by atoms with Gasteiger partial charge >= 0.3 is 0 Å². The van der Waals surface area contributed by atoms with Crippen molar-refractivity contribution in [3.8, 4) is 0 Å². The van der Waals surface area contributed by atoms with Gasteiger partial charge in [-0.25, -0.2) is 0 Å². The Morgan fingerprint density at radius 1 is 1.30 bits per heavy atom. The molecule has 1 aromatic carbocycles. The summed E-state index contributed by atoms with van der Waals surface area (Å²) >= 11 is 1.73. The third-order valence-electron chi connectivity index (χ3n) is 3.88. The molecule has 1 heterocycles. The van der Waals surface area contributed by atoms with E-state index in [2.05, 4.69) is 62.1 Å². The van der Waals surface area contributed by atoms with E-state index < -0.39 is 0 Å². The van der Waals surface area contributed by atoms with Crippen LogP contribution in [-0.2, 0) is 11.3 Å². The summed E-state index contributed by atoms with van der Waals surface area (Å²) in [5.74, 6) is 0. The molecule has 0 atom stereocenters. The fraction of sp³-hybridized carbons (Fsp3) is 0.526. The minimum atomic E-state index is 0.565. The SMILES string of the molecule is CCCCN(C)C1=NOC/C(=C/c2ccc(C)cc2CCC)S1. The number of rotatable bonds is 6. The summed E-state index contributed by atoms with van der Waals surface area (Å²) in [5.41, 5.74) is 4.05. The van der Waals surface area contributed by atoms with Gasteiger partial charge in [0, 0.05) is 18.5 Å². The predicted octanol–water partition coefficient (Wildman–Crippen LogP) is 5.05. The average molecular weight is 333 g/mol. The van der Waals surface area contributed by atoms with E-state index in [-0.39, 0.29) is 0 Å². The lowest BCUT2D eigenvalue weighted by atomic mass is 10.0. The third-order valence-corrected chi connectivity index (χ3v) is 4.95. The number of benzene rings is 1. The van der Waals surface area contributed by atoms with Gasteiger partial charge in [0.05, 0.1) is 0 Å². The molecule has 23 heavy (non-hydrogen) atoms. The van der Waals surface area contributed by atoms with Crippen molar-refractivity contribution < 1.29 is 4.84 Å². The van der Waals surface area contributed by atoms with Crippen molar-refractivity contribution in [2.45, 2.75) is 46.5 Å². The number of unbranched alkanes of at least 4 members (excludes halogenated alkanes) is 1. The summed E-state index contributed by atoms with van der Waals surface area (Å²) in [6.45, 7) is 8.17. The Hall–Kier alpha value is -1.42. The fourth-order valence-corrected chi connectivity index (χ4v) is 3.43. The molecule has 1 aromatic rings. The molecule has 1 aliphatic heterocycles. The van der Waals surface area contributed by atoms with Gasteiger partial charge in [0.1, 0.15) is 6.61 Å². The summed E-state index contributed by atoms with van der Waals surface area (Å²) in [6.07, 6.45) is 6.90. The van der Waals surface area contributed by atoms with Gasteiger partial charge in [-0.1, -0.05) is 55.6 Å². The van der Waals surface area contributed by atoms with Crippen LogP contribution in [0.3, 0.4) is 0 Å². The van der Waals surface area contributed by atoms with Crippen molar-refractivity contribution in [1.82, 2.24) is 4.90 Å². The first-order valence-electron chi connectivity index (χ1n) is 8.53. The quantitative estimate of drug-likeness (QED) is 0.728. The van der Waals surface area contributed by atoms with Crippen molar-refractivity contribution in [3.63, 3.8) is 0 Å². The zero-order chi connectivity index (χ0) is 16.7. The summed E-state index contributed by atoms with van der Waals surface area (Å²) in [7, 11) is 2.09. The maximum atomic E-state index is 5.45. The second-order valence-electron chi connectivity index (χ2n) is 6.09. The number of aryl methyl sites for hydroxylation is 2. The molecular formula is C19H28N2OS. The molecule has 126 valence electrons. The Labute approximate surface area is 144 Å². The van der Waals surface area contributed by atoms with E-state index in [0.29, 0.717) is 6.61 Å². The van der Waals surface area contributed by atoms with Crippen molar-refractivity contribution in [3.05, 3.63) is 39.8 Å². The summed E-state index contributed by atoms with van der Waals surface area (Å²) in [6, 6.07) is 6.70. The van der Waals surface area contributed by atoms with Gasteiger partial charge in [0.15, 0.2) is 0 Å². The monoisotopic (exact) mass is 332 g/mol. The molecule has 0 unspecified atom stereocenters. The van der Waals surface area contributed by atoms with Gasteiger partial charge in [-0.2, -0.15) is 0 Å². The smallest absolute Gasteiger partial charge is 0.207 e. The number of nitrogens with zero attached hydrogens (tertiary/aromatic N) is 2. The van der Waals surface area contributed by atoms with Gasteiger partial charge in [0.25, 0.3) is 0 Å². The maximum Gasteiger partial charge on any atom is 0.207 e. The zero-order valence-corrected chi connectivity index (χ0v) is 15.6. The molecule has 2 rings (SSSR count). The Balaban J connectivity index is 2.13. The molecule has 0 bridgehead atoms. The zero-order valence-electron chi connectivity index (χ0n) is 14.8. The molecule has 0 aromatic heterocycles. The van der Waals surface area contributed by atoms with Crippen molar-refractivity contribution >= 4 is 23.0 Å². The van der Waals surface area contributed by atoms with Crippen molar-refractivity contribution in [2.24, 2.45) is 5.16 Å². The van der Waals surface area contributed by atoms with E-state index in [1.165, 1.54) is 34.4 Å². The molecule has 0 spiro atoms. The molecule has 3 nitrogen and oxygen atoms in total. The van der Waals surface area contributed by atoms with Crippen LogP contribution in [-0.4, -0.2) is 30.3 Å². The lowest BCUT2D eigenvalue weighted by molar-refractivity contribution is 0.167. The lowest BCUT2D eigenvalue weighted by Gasteiger charge is -2.23. The van der Waals surface area contributed by atoms with Crippen LogP contribution in [0.4, 0.5) is 0 Å². The van der Waals surface area contributed by atoms with E-state index in [1.807, 2.05) is 0 Å². The van der Waals surface area contributed by atoms with E-state index in [0.717, 1.165) is 24.6 Å². The lowest BCUT2D eigenvalue weighted by Crippen LogP contribution is -2.27. The Morgan fingerprint density at radius 2 is 2.13 bits per heavy atom. The van der Waals surface area contributed by atoms with Crippen LogP contribution in [0.2, 0.25) is 0 Å². The molecule has 0 aliphatic carbocycles. The molecule has 0 amide bonds. The molecule has 4 heteroatoms. The van der Waals surface area contributed by atoms with Crippen LogP contribution in [0.15, 0.2) is 28.3 Å². The predicted molar refractivity (Wildman–Crippen MR) is 102 cm³/mol. The van der Waals surface area contributed by atoms with Gasteiger partial charge in [-0.05, 0) is 48.7 Å². The highest BCUT2D eigenvalue weighted by Crippen LogP contribution is 2.28. The average Bonchev–Trinajstić information content (AvgIpc) is 2.55. The van der Waals surface area contributed by atoms with Crippen molar-refractivity contribution in [2.75, 3.05) is 20.2 Å². The number of hydrogen-bond donors (Lipinski definition) is 0.